The number of benzene rings is 3. The van der Waals surface area contributed by atoms with Gasteiger partial charge in [0.15, 0.2) is 11.5 Å². The number of halogens is 1. The summed E-state index contributed by atoms with van der Waals surface area (Å²) < 4.78 is 13.2. The molecular formula is C23H21FO5. The van der Waals surface area contributed by atoms with Gasteiger partial charge >= 0.3 is 5.97 Å². The first-order valence-corrected chi connectivity index (χ1v) is 9.15. The average Bonchev–Trinajstić information content (AvgIpc) is 2.68. The third kappa shape index (κ3) is 4.85. The first-order chi connectivity index (χ1) is 13.9. The van der Waals surface area contributed by atoms with Crippen LogP contribution >= 0.6 is 0 Å². The number of carboxylic acids is 1. The Balaban J connectivity index is 1.88. The smallest absolute Gasteiger partial charge is 0.307 e. The number of phenols is 1. The summed E-state index contributed by atoms with van der Waals surface area (Å²) in [6.45, 7) is 3.78. The molecule has 0 heterocycles. The number of rotatable bonds is 7. The van der Waals surface area contributed by atoms with Crippen LogP contribution in [-0.2, 0) is 17.6 Å². The molecule has 0 aliphatic carbocycles. The minimum atomic E-state index is -0.976. The average molecular weight is 396 g/mol. The molecule has 0 bridgehead atoms. The van der Waals surface area contributed by atoms with E-state index in [4.69, 9.17) is 14.9 Å². The number of phenolic OH excluding ortho intramolecular Hbond substituents is 1. The maximum Gasteiger partial charge on any atom is 0.307 e. The number of aliphatic carboxylic acids is 1. The van der Waals surface area contributed by atoms with Gasteiger partial charge in [0.05, 0.1) is 6.42 Å². The normalized spacial score (nSPS) is 10.6. The van der Waals surface area contributed by atoms with Crippen molar-refractivity contribution >= 4 is 5.97 Å². The van der Waals surface area contributed by atoms with E-state index in [1.54, 1.807) is 36.4 Å². The van der Waals surface area contributed by atoms with E-state index in [1.165, 1.54) is 18.2 Å². The molecule has 0 atom stereocenters. The van der Waals surface area contributed by atoms with E-state index in [2.05, 4.69) is 0 Å². The van der Waals surface area contributed by atoms with Crippen molar-refractivity contribution in [3.63, 3.8) is 0 Å². The number of carbonyl (C=O) groups is 1. The van der Waals surface area contributed by atoms with Crippen molar-refractivity contribution in [1.82, 2.24) is 0 Å². The van der Waals surface area contributed by atoms with Gasteiger partial charge < -0.3 is 10.2 Å². The van der Waals surface area contributed by atoms with Gasteiger partial charge in [0.1, 0.15) is 11.6 Å². The second kappa shape index (κ2) is 8.65. The maximum atomic E-state index is 13.2. The molecule has 0 amide bonds. The summed E-state index contributed by atoms with van der Waals surface area (Å²) in [6.07, 6.45) is 0.402. The molecule has 0 unspecified atom stereocenters. The Hall–Kier alpha value is -3.54. The minimum Gasteiger partial charge on any atom is -0.507 e. The SMILES string of the molecule is CCc1cc(-c2ccc(F)cc2)c(O)cc1OOc1ccc(C)cc1CC(=O)O. The quantitative estimate of drug-likeness (QED) is 0.431. The van der Waals surface area contributed by atoms with Crippen LogP contribution in [0.4, 0.5) is 4.39 Å². The zero-order chi connectivity index (χ0) is 21.0. The Morgan fingerprint density at radius 1 is 0.966 bits per heavy atom. The van der Waals surface area contributed by atoms with E-state index in [0.29, 0.717) is 34.6 Å². The molecule has 150 valence electrons. The molecule has 2 N–H and O–H groups in total. The van der Waals surface area contributed by atoms with Gasteiger partial charge in [-0.1, -0.05) is 36.8 Å². The Bertz CT molecular complexity index is 1030. The highest BCUT2D eigenvalue weighted by Crippen LogP contribution is 2.36. The Morgan fingerprint density at radius 3 is 2.31 bits per heavy atom. The van der Waals surface area contributed by atoms with E-state index in [9.17, 15) is 14.3 Å². The molecule has 0 saturated carbocycles. The highest BCUT2D eigenvalue weighted by Gasteiger charge is 2.15. The van der Waals surface area contributed by atoms with E-state index < -0.39 is 5.97 Å². The lowest BCUT2D eigenvalue weighted by molar-refractivity contribution is -0.136. The van der Waals surface area contributed by atoms with Crippen LogP contribution in [0, 0.1) is 12.7 Å². The molecule has 3 rings (SSSR count). The fraction of sp³-hybridized carbons (Fsp3) is 0.174. The largest absolute Gasteiger partial charge is 0.507 e. The summed E-state index contributed by atoms with van der Waals surface area (Å²) in [5.74, 6) is -0.759. The van der Waals surface area contributed by atoms with Gasteiger partial charge in [-0.3, -0.25) is 14.6 Å². The van der Waals surface area contributed by atoms with Crippen LogP contribution in [-0.4, -0.2) is 16.2 Å². The Morgan fingerprint density at radius 2 is 1.66 bits per heavy atom. The van der Waals surface area contributed by atoms with Crippen LogP contribution in [0.2, 0.25) is 0 Å². The Kier molecular flexibility index (Phi) is 6.02. The summed E-state index contributed by atoms with van der Waals surface area (Å²) >= 11 is 0. The van der Waals surface area contributed by atoms with E-state index in [-0.39, 0.29) is 18.0 Å². The molecule has 5 nitrogen and oxygen atoms in total. The third-order valence-corrected chi connectivity index (χ3v) is 4.49. The summed E-state index contributed by atoms with van der Waals surface area (Å²) in [6, 6.07) is 14.2. The molecule has 0 aromatic heterocycles. The summed E-state index contributed by atoms with van der Waals surface area (Å²) in [5, 5.41) is 19.5. The monoisotopic (exact) mass is 396 g/mol. The fourth-order valence-corrected chi connectivity index (χ4v) is 3.01. The molecule has 0 saturated heterocycles. The van der Waals surface area contributed by atoms with Gasteiger partial charge in [-0.25, -0.2) is 4.39 Å². The van der Waals surface area contributed by atoms with Gasteiger partial charge in [0.25, 0.3) is 0 Å². The summed E-state index contributed by atoms with van der Waals surface area (Å²) in [7, 11) is 0. The van der Waals surface area contributed by atoms with Gasteiger partial charge in [-0.15, -0.1) is 0 Å². The van der Waals surface area contributed by atoms with Crippen molar-refractivity contribution in [2.45, 2.75) is 26.7 Å². The zero-order valence-electron chi connectivity index (χ0n) is 16.1. The molecular weight excluding hydrogens is 375 g/mol. The van der Waals surface area contributed by atoms with Crippen molar-refractivity contribution in [2.24, 2.45) is 0 Å². The molecule has 0 fully saturated rings. The van der Waals surface area contributed by atoms with Crippen LogP contribution in [0.1, 0.15) is 23.6 Å². The van der Waals surface area contributed by atoms with Crippen LogP contribution < -0.4 is 9.78 Å². The molecule has 3 aromatic carbocycles. The van der Waals surface area contributed by atoms with Gasteiger partial charge in [-0.05, 0) is 43.2 Å². The van der Waals surface area contributed by atoms with Crippen molar-refractivity contribution < 1.29 is 29.2 Å². The second-order valence-electron chi connectivity index (χ2n) is 6.69. The summed E-state index contributed by atoms with van der Waals surface area (Å²) in [4.78, 5) is 22.0. The number of aromatic hydroxyl groups is 1. The zero-order valence-corrected chi connectivity index (χ0v) is 16.1. The second-order valence-corrected chi connectivity index (χ2v) is 6.69. The molecule has 0 radical (unpaired) electrons. The summed E-state index contributed by atoms with van der Waals surface area (Å²) in [5.41, 5.74) is 3.39. The Labute approximate surface area is 167 Å². The van der Waals surface area contributed by atoms with E-state index >= 15 is 0 Å². The van der Waals surface area contributed by atoms with Gasteiger partial charge in [-0.2, -0.15) is 0 Å². The van der Waals surface area contributed by atoms with E-state index in [1.807, 2.05) is 13.8 Å². The third-order valence-electron chi connectivity index (χ3n) is 4.49. The van der Waals surface area contributed by atoms with Crippen LogP contribution in [0.5, 0.6) is 17.2 Å². The maximum absolute atomic E-state index is 13.2. The van der Waals surface area contributed by atoms with Crippen molar-refractivity contribution in [3.05, 3.63) is 77.1 Å². The van der Waals surface area contributed by atoms with Crippen LogP contribution in [0.15, 0.2) is 54.6 Å². The molecule has 6 heteroatoms. The molecule has 0 spiro atoms. The van der Waals surface area contributed by atoms with Crippen LogP contribution in [0.25, 0.3) is 11.1 Å². The lowest BCUT2D eigenvalue weighted by atomic mass is 10.00. The number of carboxylic acid groups (broad SMARTS) is 1. The van der Waals surface area contributed by atoms with Crippen molar-refractivity contribution in [1.29, 1.82) is 0 Å². The highest BCUT2D eigenvalue weighted by molar-refractivity contribution is 5.73. The van der Waals surface area contributed by atoms with Gasteiger partial charge in [0.2, 0.25) is 0 Å². The molecule has 0 aliphatic heterocycles. The number of hydrogen-bond donors (Lipinski definition) is 2. The topological polar surface area (TPSA) is 76.0 Å². The molecule has 3 aromatic rings. The lowest BCUT2D eigenvalue weighted by Gasteiger charge is -2.14. The molecule has 29 heavy (non-hydrogen) atoms. The minimum absolute atomic E-state index is 0.0397. The van der Waals surface area contributed by atoms with Crippen LogP contribution in [0.3, 0.4) is 0 Å². The predicted molar refractivity (Wildman–Crippen MR) is 107 cm³/mol. The number of aryl methyl sites for hydroxylation is 2. The van der Waals surface area contributed by atoms with Gasteiger partial charge in [0, 0.05) is 22.8 Å². The molecule has 0 aliphatic rings. The lowest BCUT2D eigenvalue weighted by Crippen LogP contribution is -2.08. The first kappa shape index (κ1) is 20.2. The first-order valence-electron chi connectivity index (χ1n) is 9.15. The fourth-order valence-electron chi connectivity index (χ4n) is 3.01. The highest BCUT2D eigenvalue weighted by atomic mass is 19.1. The van der Waals surface area contributed by atoms with Crippen molar-refractivity contribution in [3.8, 4) is 28.4 Å². The predicted octanol–water partition coefficient (Wildman–Crippen LogP) is 5.07. The van der Waals surface area contributed by atoms with Crippen molar-refractivity contribution in [2.75, 3.05) is 0 Å². The standard InChI is InChI=1S/C23H21FO5/c1-3-15-11-19(16-5-7-18(24)8-6-16)20(25)13-22(15)29-28-21-9-4-14(2)10-17(21)12-23(26)27/h4-11,13,25H,3,12H2,1-2H3,(H,26,27). The van der Waals surface area contributed by atoms with E-state index in [0.717, 1.165) is 11.1 Å². The number of hydrogen-bond acceptors (Lipinski definition) is 4.